The number of rotatable bonds is 7. The van der Waals surface area contributed by atoms with Gasteiger partial charge in [0.2, 0.25) is 5.91 Å². The number of halogens is 3. The Morgan fingerprint density at radius 2 is 1.72 bits per heavy atom. The third-order valence-corrected chi connectivity index (χ3v) is 6.16. The lowest BCUT2D eigenvalue weighted by molar-refractivity contribution is -0.137. The number of hydrogen-bond donors (Lipinski definition) is 1. The number of nitrogens with one attached hydrogen (secondary N) is 1. The minimum Gasteiger partial charge on any atom is -0.330 e. The molecular weight excluding hydrogens is 439 g/mol. The summed E-state index contributed by atoms with van der Waals surface area (Å²) >= 11 is 1.95. The maximum atomic E-state index is 13.1. The normalized spacial score (nSPS) is 14.8. The van der Waals surface area contributed by atoms with Crippen LogP contribution in [0.4, 0.5) is 18.9 Å². The molecule has 0 atom stereocenters. The second kappa shape index (κ2) is 10.9. The molecule has 1 saturated heterocycles. The number of hydrogen-bond acceptors (Lipinski definition) is 4. The Labute approximate surface area is 190 Å². The van der Waals surface area contributed by atoms with E-state index in [1.807, 2.05) is 23.9 Å². The van der Waals surface area contributed by atoms with Gasteiger partial charge in [0.1, 0.15) is 6.54 Å². The molecule has 0 unspecified atom stereocenters. The summed E-state index contributed by atoms with van der Waals surface area (Å²) in [5, 5.41) is 2.28. The second-order valence-electron chi connectivity index (χ2n) is 7.50. The molecule has 2 aromatic carbocycles. The van der Waals surface area contributed by atoms with E-state index < -0.39 is 17.6 Å². The smallest absolute Gasteiger partial charge is 0.330 e. The Morgan fingerprint density at radius 1 is 1.06 bits per heavy atom. The van der Waals surface area contributed by atoms with Crippen LogP contribution in [0.5, 0.6) is 0 Å². The quantitative estimate of drug-likeness (QED) is 0.661. The second-order valence-corrected chi connectivity index (χ2v) is 8.72. The van der Waals surface area contributed by atoms with E-state index in [2.05, 4.69) is 10.2 Å². The van der Waals surface area contributed by atoms with Gasteiger partial charge in [0.15, 0.2) is 0 Å². The van der Waals surface area contributed by atoms with Gasteiger partial charge in [-0.2, -0.15) is 24.9 Å². The van der Waals surface area contributed by atoms with Crippen LogP contribution in [0.15, 0.2) is 48.5 Å². The average molecular weight is 466 g/mol. The standard InChI is InChI=1S/C23H26F3N3O2S/c1-2-29(16-21(30)27-20-6-4-3-5-19(20)23(24,25)26)22(31)18-9-7-17(8-10-18)15-28-11-13-32-14-12-28/h3-10H,2,11-16H2,1H3,(H,27,30). The number of thioether (sulfide) groups is 1. The molecule has 1 aliphatic rings. The van der Waals surface area contributed by atoms with E-state index in [1.54, 1.807) is 19.1 Å². The molecule has 32 heavy (non-hydrogen) atoms. The molecule has 0 aliphatic carbocycles. The van der Waals surface area contributed by atoms with Gasteiger partial charge in [-0.1, -0.05) is 24.3 Å². The lowest BCUT2D eigenvalue weighted by atomic mass is 10.1. The zero-order valence-corrected chi connectivity index (χ0v) is 18.6. The maximum absolute atomic E-state index is 13.1. The highest BCUT2D eigenvalue weighted by molar-refractivity contribution is 7.99. The Balaban J connectivity index is 1.61. The van der Waals surface area contributed by atoms with Crippen molar-refractivity contribution in [2.24, 2.45) is 0 Å². The maximum Gasteiger partial charge on any atom is 0.418 e. The van der Waals surface area contributed by atoms with Crippen LogP contribution in [0.1, 0.15) is 28.4 Å². The van der Waals surface area contributed by atoms with Crippen LogP contribution in [-0.2, 0) is 17.5 Å². The predicted molar refractivity (Wildman–Crippen MR) is 121 cm³/mol. The van der Waals surface area contributed by atoms with Crippen molar-refractivity contribution in [3.63, 3.8) is 0 Å². The van der Waals surface area contributed by atoms with Gasteiger partial charge >= 0.3 is 6.18 Å². The first-order valence-corrected chi connectivity index (χ1v) is 11.6. The molecule has 2 aromatic rings. The van der Waals surface area contributed by atoms with E-state index in [1.165, 1.54) is 23.1 Å². The molecule has 0 aromatic heterocycles. The summed E-state index contributed by atoms with van der Waals surface area (Å²) in [7, 11) is 0. The first-order chi connectivity index (χ1) is 15.3. The SMILES string of the molecule is CCN(CC(=O)Nc1ccccc1C(F)(F)F)C(=O)c1ccc(CN2CCSCC2)cc1. The molecule has 0 radical (unpaired) electrons. The number of carbonyl (C=O) groups is 2. The minimum absolute atomic E-state index is 0.250. The monoisotopic (exact) mass is 465 g/mol. The summed E-state index contributed by atoms with van der Waals surface area (Å²) in [4.78, 5) is 28.9. The van der Waals surface area contributed by atoms with Crippen molar-refractivity contribution < 1.29 is 22.8 Å². The number of para-hydroxylation sites is 1. The number of alkyl halides is 3. The van der Waals surface area contributed by atoms with E-state index in [9.17, 15) is 22.8 Å². The fraction of sp³-hybridized carbons (Fsp3) is 0.391. The summed E-state index contributed by atoms with van der Waals surface area (Å²) in [5.74, 6) is 1.22. The Morgan fingerprint density at radius 3 is 2.34 bits per heavy atom. The highest BCUT2D eigenvalue weighted by atomic mass is 32.2. The number of anilines is 1. The third-order valence-electron chi connectivity index (χ3n) is 5.22. The molecular formula is C23H26F3N3O2S. The number of carbonyl (C=O) groups excluding carboxylic acids is 2. The van der Waals surface area contributed by atoms with Crippen molar-refractivity contribution in [2.75, 3.05) is 43.0 Å². The summed E-state index contributed by atoms with van der Waals surface area (Å²) in [6, 6.07) is 12.0. The number of amides is 2. The lowest BCUT2D eigenvalue weighted by Gasteiger charge is -2.26. The molecule has 9 heteroatoms. The molecule has 172 valence electrons. The van der Waals surface area contributed by atoms with Gasteiger partial charge in [-0.25, -0.2) is 0 Å². The van der Waals surface area contributed by atoms with Gasteiger partial charge in [-0.15, -0.1) is 0 Å². The molecule has 0 saturated carbocycles. The molecule has 0 bridgehead atoms. The van der Waals surface area contributed by atoms with Crippen LogP contribution in [0.2, 0.25) is 0 Å². The van der Waals surface area contributed by atoms with Gasteiger partial charge in [0.25, 0.3) is 5.91 Å². The molecule has 3 rings (SSSR count). The Bertz CT molecular complexity index is 929. The first-order valence-electron chi connectivity index (χ1n) is 10.4. The summed E-state index contributed by atoms with van der Waals surface area (Å²) in [6.45, 7) is 4.54. The Kier molecular flexibility index (Phi) is 8.20. The number of benzene rings is 2. The largest absolute Gasteiger partial charge is 0.418 e. The third kappa shape index (κ3) is 6.49. The van der Waals surface area contributed by atoms with Crippen molar-refractivity contribution in [2.45, 2.75) is 19.6 Å². The molecule has 2 amide bonds. The van der Waals surface area contributed by atoms with Crippen LogP contribution in [-0.4, -0.2) is 59.3 Å². The van der Waals surface area contributed by atoms with Crippen molar-refractivity contribution in [3.05, 3.63) is 65.2 Å². The van der Waals surface area contributed by atoms with Crippen LogP contribution in [0, 0.1) is 0 Å². The highest BCUT2D eigenvalue weighted by Gasteiger charge is 2.33. The molecule has 0 spiro atoms. The molecule has 1 heterocycles. The number of likely N-dealkylation sites (N-methyl/N-ethyl adjacent to an activating group) is 1. The highest BCUT2D eigenvalue weighted by Crippen LogP contribution is 2.34. The molecule has 1 N–H and O–H groups in total. The van der Waals surface area contributed by atoms with Gasteiger partial charge in [0, 0.05) is 43.2 Å². The van der Waals surface area contributed by atoms with E-state index in [0.29, 0.717) is 5.56 Å². The zero-order chi connectivity index (χ0) is 23.1. The zero-order valence-electron chi connectivity index (χ0n) is 17.8. The topological polar surface area (TPSA) is 52.7 Å². The summed E-state index contributed by atoms with van der Waals surface area (Å²) in [5.41, 5.74) is 0.297. The Hall–Kier alpha value is -2.52. The molecule has 1 aliphatic heterocycles. The van der Waals surface area contributed by atoms with Gasteiger partial charge in [0.05, 0.1) is 11.3 Å². The van der Waals surface area contributed by atoms with Crippen molar-refractivity contribution in [3.8, 4) is 0 Å². The van der Waals surface area contributed by atoms with Crippen LogP contribution >= 0.6 is 11.8 Å². The summed E-state index contributed by atoms with van der Waals surface area (Å²) in [6.07, 6.45) is -4.58. The van der Waals surface area contributed by atoms with Crippen molar-refractivity contribution in [1.82, 2.24) is 9.80 Å². The minimum atomic E-state index is -4.58. The van der Waals surface area contributed by atoms with Crippen LogP contribution in [0.25, 0.3) is 0 Å². The molecule has 5 nitrogen and oxygen atoms in total. The fourth-order valence-electron chi connectivity index (χ4n) is 3.48. The van der Waals surface area contributed by atoms with E-state index >= 15 is 0 Å². The lowest BCUT2D eigenvalue weighted by Crippen LogP contribution is -2.38. The van der Waals surface area contributed by atoms with Gasteiger partial charge in [-0.3, -0.25) is 14.5 Å². The van der Waals surface area contributed by atoms with Crippen LogP contribution in [0.3, 0.4) is 0 Å². The van der Waals surface area contributed by atoms with E-state index in [-0.39, 0.29) is 24.7 Å². The van der Waals surface area contributed by atoms with Crippen LogP contribution < -0.4 is 5.32 Å². The van der Waals surface area contributed by atoms with E-state index in [0.717, 1.165) is 42.8 Å². The summed E-state index contributed by atoms with van der Waals surface area (Å²) < 4.78 is 39.4. The van der Waals surface area contributed by atoms with E-state index in [4.69, 9.17) is 0 Å². The van der Waals surface area contributed by atoms with Crippen molar-refractivity contribution in [1.29, 1.82) is 0 Å². The first kappa shape index (κ1) is 24.1. The fourth-order valence-corrected chi connectivity index (χ4v) is 4.46. The predicted octanol–water partition coefficient (Wildman–Crippen LogP) is 4.36. The van der Waals surface area contributed by atoms with Gasteiger partial charge in [-0.05, 0) is 36.8 Å². The number of nitrogens with zero attached hydrogens (tertiary/aromatic N) is 2. The van der Waals surface area contributed by atoms with Crippen molar-refractivity contribution >= 4 is 29.3 Å². The average Bonchev–Trinajstić information content (AvgIpc) is 2.78. The van der Waals surface area contributed by atoms with Gasteiger partial charge < -0.3 is 10.2 Å². The molecule has 1 fully saturated rings.